The summed E-state index contributed by atoms with van der Waals surface area (Å²) in [7, 11) is -3.46. The largest absolute Gasteiger partial charge is 0.219 e. The van der Waals surface area contributed by atoms with Crippen molar-refractivity contribution in [1.29, 1.82) is 0 Å². The number of benzene rings is 3. The Bertz CT molecular complexity index is 886. The highest BCUT2D eigenvalue weighted by Crippen LogP contribution is 2.29. The van der Waals surface area contributed by atoms with Crippen molar-refractivity contribution < 1.29 is 8.42 Å². The van der Waals surface area contributed by atoms with Gasteiger partial charge in [0.1, 0.15) is 0 Å². The Morgan fingerprint density at radius 2 is 1.18 bits per heavy atom. The maximum absolute atomic E-state index is 12.5. The molecule has 22 heavy (non-hydrogen) atoms. The van der Waals surface area contributed by atoms with Gasteiger partial charge in [-0.2, -0.15) is 0 Å². The van der Waals surface area contributed by atoms with E-state index in [1.807, 2.05) is 36.4 Å². The summed E-state index contributed by atoms with van der Waals surface area (Å²) in [4.78, 5) is 0.609. The van der Waals surface area contributed by atoms with Crippen LogP contribution < -0.4 is 0 Å². The van der Waals surface area contributed by atoms with E-state index < -0.39 is 9.84 Å². The summed E-state index contributed by atoms with van der Waals surface area (Å²) in [6.07, 6.45) is 0. The van der Waals surface area contributed by atoms with Gasteiger partial charge < -0.3 is 0 Å². The minimum absolute atomic E-state index is 0.300. The van der Waals surface area contributed by atoms with Crippen LogP contribution in [0.15, 0.2) is 93.1 Å². The van der Waals surface area contributed by atoms with Crippen LogP contribution in [0.2, 0.25) is 0 Å². The molecule has 0 aromatic heterocycles. The van der Waals surface area contributed by atoms with Crippen molar-refractivity contribution >= 4 is 25.8 Å². The molecule has 0 saturated carbocycles. The Labute approximate surface area is 138 Å². The molecule has 0 spiro atoms. The van der Waals surface area contributed by atoms with Gasteiger partial charge in [0.15, 0.2) is 0 Å². The molecule has 0 unspecified atom stereocenters. The zero-order valence-corrected chi connectivity index (χ0v) is 14.0. The molecular formula is C18H13BrO2S. The van der Waals surface area contributed by atoms with Gasteiger partial charge in [-0.3, -0.25) is 0 Å². The Hall–Kier alpha value is -1.91. The predicted molar refractivity (Wildman–Crippen MR) is 91.5 cm³/mol. The quantitative estimate of drug-likeness (QED) is 0.651. The molecule has 0 radical (unpaired) electrons. The topological polar surface area (TPSA) is 34.1 Å². The highest BCUT2D eigenvalue weighted by atomic mass is 79.9. The van der Waals surface area contributed by atoms with E-state index in [9.17, 15) is 8.42 Å². The first-order valence-electron chi connectivity index (χ1n) is 6.74. The van der Waals surface area contributed by atoms with Crippen LogP contribution in [-0.2, 0) is 9.84 Å². The van der Waals surface area contributed by atoms with Crippen LogP contribution in [0.5, 0.6) is 0 Å². The van der Waals surface area contributed by atoms with Crippen LogP contribution in [0.3, 0.4) is 0 Å². The molecule has 0 amide bonds. The molecule has 0 aliphatic carbocycles. The predicted octanol–water partition coefficient (Wildman–Crippen LogP) is 4.95. The number of rotatable bonds is 3. The molecule has 3 rings (SSSR count). The van der Waals surface area contributed by atoms with Crippen LogP contribution >= 0.6 is 15.9 Å². The summed E-state index contributed by atoms with van der Waals surface area (Å²) >= 11 is 3.51. The van der Waals surface area contributed by atoms with Crippen LogP contribution in [0, 0.1) is 0 Å². The molecule has 0 saturated heterocycles. The number of halogens is 1. The van der Waals surface area contributed by atoms with Crippen molar-refractivity contribution in [1.82, 2.24) is 0 Å². The fourth-order valence-corrected chi connectivity index (χ4v) is 4.04. The lowest BCUT2D eigenvalue weighted by molar-refractivity contribution is 0.596. The Kier molecular flexibility index (Phi) is 4.14. The standard InChI is InChI=1S/C18H13BrO2S/c19-18-9-5-4-8-17(18)14-10-12-16(13-11-14)22(20,21)15-6-2-1-3-7-15/h1-13H. The van der Waals surface area contributed by atoms with E-state index in [0.29, 0.717) is 9.79 Å². The van der Waals surface area contributed by atoms with Gasteiger partial charge in [0.2, 0.25) is 9.84 Å². The molecule has 0 heterocycles. The lowest BCUT2D eigenvalue weighted by atomic mass is 10.1. The van der Waals surface area contributed by atoms with Crippen molar-refractivity contribution in [3.8, 4) is 11.1 Å². The van der Waals surface area contributed by atoms with Crippen LogP contribution in [0.25, 0.3) is 11.1 Å². The molecule has 4 heteroatoms. The molecule has 0 fully saturated rings. The first kappa shape index (κ1) is 15.0. The fourth-order valence-electron chi connectivity index (χ4n) is 2.24. The highest BCUT2D eigenvalue weighted by Gasteiger charge is 2.17. The second-order valence-electron chi connectivity index (χ2n) is 4.82. The number of hydrogen-bond acceptors (Lipinski definition) is 2. The maximum atomic E-state index is 12.5. The first-order valence-corrected chi connectivity index (χ1v) is 9.02. The lowest BCUT2D eigenvalue weighted by Gasteiger charge is -2.07. The van der Waals surface area contributed by atoms with Gasteiger partial charge in [0.25, 0.3) is 0 Å². The molecule has 0 aliphatic rings. The molecule has 110 valence electrons. The monoisotopic (exact) mass is 372 g/mol. The maximum Gasteiger partial charge on any atom is 0.206 e. The molecular weight excluding hydrogens is 360 g/mol. The van der Waals surface area contributed by atoms with Crippen molar-refractivity contribution in [2.75, 3.05) is 0 Å². The summed E-state index contributed by atoms with van der Waals surface area (Å²) < 4.78 is 26.1. The third-order valence-corrected chi connectivity index (χ3v) is 5.88. The van der Waals surface area contributed by atoms with E-state index in [-0.39, 0.29) is 0 Å². The first-order chi connectivity index (χ1) is 10.6. The zero-order chi connectivity index (χ0) is 15.6. The second-order valence-corrected chi connectivity index (χ2v) is 7.62. The van der Waals surface area contributed by atoms with Crippen LogP contribution in [0.4, 0.5) is 0 Å². The van der Waals surface area contributed by atoms with Crippen molar-refractivity contribution in [3.05, 3.63) is 83.3 Å². The lowest BCUT2D eigenvalue weighted by Crippen LogP contribution is -2.01. The summed E-state index contributed by atoms with van der Waals surface area (Å²) in [5, 5.41) is 0. The molecule has 3 aromatic carbocycles. The Morgan fingerprint density at radius 1 is 0.636 bits per heavy atom. The normalized spacial score (nSPS) is 11.3. The van der Waals surface area contributed by atoms with E-state index in [1.165, 1.54) is 0 Å². The second kappa shape index (κ2) is 6.07. The summed E-state index contributed by atoms with van der Waals surface area (Å²) in [6.45, 7) is 0. The van der Waals surface area contributed by atoms with Crippen LogP contribution in [0.1, 0.15) is 0 Å². The molecule has 0 N–H and O–H groups in total. The van der Waals surface area contributed by atoms with Crippen molar-refractivity contribution in [2.24, 2.45) is 0 Å². The summed E-state index contributed by atoms with van der Waals surface area (Å²) in [5.41, 5.74) is 2.01. The number of sulfone groups is 1. The van der Waals surface area contributed by atoms with Crippen LogP contribution in [-0.4, -0.2) is 8.42 Å². The third-order valence-electron chi connectivity index (χ3n) is 3.40. The Balaban J connectivity index is 2.01. The van der Waals surface area contributed by atoms with Gasteiger partial charge in [-0.05, 0) is 41.5 Å². The smallest absolute Gasteiger partial charge is 0.206 e. The minimum atomic E-state index is -3.46. The molecule has 0 bridgehead atoms. The minimum Gasteiger partial charge on any atom is -0.219 e. The Morgan fingerprint density at radius 3 is 1.82 bits per heavy atom. The van der Waals surface area contributed by atoms with Gasteiger partial charge in [0.05, 0.1) is 9.79 Å². The van der Waals surface area contributed by atoms with E-state index in [4.69, 9.17) is 0 Å². The van der Waals surface area contributed by atoms with Gasteiger partial charge in [-0.25, -0.2) is 8.42 Å². The molecule has 2 nitrogen and oxygen atoms in total. The van der Waals surface area contributed by atoms with Gasteiger partial charge >= 0.3 is 0 Å². The molecule has 3 aromatic rings. The highest BCUT2D eigenvalue weighted by molar-refractivity contribution is 9.10. The third kappa shape index (κ3) is 2.85. The number of hydrogen-bond donors (Lipinski definition) is 0. The van der Waals surface area contributed by atoms with Crippen molar-refractivity contribution in [2.45, 2.75) is 9.79 Å². The summed E-state index contributed by atoms with van der Waals surface area (Å²) in [6, 6.07) is 23.3. The fraction of sp³-hybridized carbons (Fsp3) is 0. The molecule has 0 atom stereocenters. The van der Waals surface area contributed by atoms with Gasteiger partial charge in [0, 0.05) is 4.47 Å². The average Bonchev–Trinajstić information content (AvgIpc) is 2.56. The van der Waals surface area contributed by atoms with E-state index in [2.05, 4.69) is 15.9 Å². The van der Waals surface area contributed by atoms with E-state index in [0.717, 1.165) is 15.6 Å². The average molecular weight is 373 g/mol. The SMILES string of the molecule is O=S(=O)(c1ccccc1)c1ccc(-c2ccccc2Br)cc1. The van der Waals surface area contributed by atoms with Gasteiger partial charge in [-0.15, -0.1) is 0 Å². The van der Waals surface area contributed by atoms with Crippen molar-refractivity contribution in [3.63, 3.8) is 0 Å². The molecule has 0 aliphatic heterocycles. The van der Waals surface area contributed by atoms with E-state index >= 15 is 0 Å². The van der Waals surface area contributed by atoms with E-state index in [1.54, 1.807) is 42.5 Å². The van der Waals surface area contributed by atoms with Gasteiger partial charge in [-0.1, -0.05) is 64.5 Å². The summed E-state index contributed by atoms with van der Waals surface area (Å²) in [5.74, 6) is 0. The zero-order valence-electron chi connectivity index (χ0n) is 11.6.